The van der Waals surface area contributed by atoms with Gasteiger partial charge in [-0.2, -0.15) is 5.26 Å². The molecule has 10 nitrogen and oxygen atoms in total. The molecular weight excluding hydrogens is 460 g/mol. The monoisotopic (exact) mass is 488 g/mol. The average molecular weight is 489 g/mol. The highest BCUT2D eigenvalue weighted by Gasteiger charge is 2.27. The summed E-state index contributed by atoms with van der Waals surface area (Å²) in [6.45, 7) is 4.87. The summed E-state index contributed by atoms with van der Waals surface area (Å²) in [5.74, 6) is 1.19. The Morgan fingerprint density at radius 2 is 1.89 bits per heavy atom. The van der Waals surface area contributed by atoms with Crippen molar-refractivity contribution in [2.45, 2.75) is 44.4 Å². The van der Waals surface area contributed by atoms with Crippen molar-refractivity contribution in [2.75, 3.05) is 32.8 Å². The van der Waals surface area contributed by atoms with Gasteiger partial charge in [0, 0.05) is 31.7 Å². The van der Waals surface area contributed by atoms with Crippen LogP contribution in [0.4, 0.5) is 0 Å². The van der Waals surface area contributed by atoms with Crippen molar-refractivity contribution in [2.24, 2.45) is 0 Å². The molecule has 1 atom stereocenters. The number of benzene rings is 1. The molecule has 36 heavy (non-hydrogen) atoms. The Kier molecular flexibility index (Phi) is 5.95. The molecule has 1 fully saturated rings. The first kappa shape index (κ1) is 22.8. The third-order valence-corrected chi connectivity index (χ3v) is 7.44. The first-order chi connectivity index (χ1) is 17.6. The lowest BCUT2D eigenvalue weighted by molar-refractivity contribution is 0.163. The number of fused-ring (bicyclic) bond motifs is 1. The van der Waals surface area contributed by atoms with Crippen LogP contribution in [0.1, 0.15) is 36.4 Å². The molecule has 5 heterocycles. The fourth-order valence-corrected chi connectivity index (χ4v) is 5.63. The molecule has 186 valence electrons. The average Bonchev–Trinajstić information content (AvgIpc) is 2.91. The summed E-state index contributed by atoms with van der Waals surface area (Å²) in [6, 6.07) is 9.69. The normalized spacial score (nSPS) is 19.8. The van der Waals surface area contributed by atoms with E-state index in [2.05, 4.69) is 21.3 Å². The van der Waals surface area contributed by atoms with Gasteiger partial charge in [0.1, 0.15) is 30.4 Å². The van der Waals surface area contributed by atoms with Gasteiger partial charge in [-0.3, -0.25) is 18.7 Å². The van der Waals surface area contributed by atoms with E-state index >= 15 is 0 Å². The van der Waals surface area contributed by atoms with E-state index in [0.29, 0.717) is 60.6 Å². The van der Waals surface area contributed by atoms with Gasteiger partial charge in [-0.1, -0.05) is 0 Å². The Bertz CT molecular complexity index is 1460. The summed E-state index contributed by atoms with van der Waals surface area (Å²) in [7, 11) is 0. The molecule has 1 N–H and O–H groups in total. The minimum Gasteiger partial charge on any atom is -0.486 e. The van der Waals surface area contributed by atoms with Crippen LogP contribution in [0.5, 0.6) is 11.5 Å². The lowest BCUT2D eigenvalue weighted by atomic mass is 10.0. The second-order valence-corrected chi connectivity index (χ2v) is 9.68. The van der Waals surface area contributed by atoms with Crippen LogP contribution in [0.2, 0.25) is 0 Å². The van der Waals surface area contributed by atoms with Crippen LogP contribution < -0.4 is 25.9 Å². The first-order valence-corrected chi connectivity index (χ1v) is 12.5. The molecule has 10 heteroatoms. The number of nitriles is 1. The Morgan fingerprint density at radius 1 is 1.06 bits per heavy atom. The molecule has 3 aliphatic heterocycles. The number of ether oxygens (including phenoxy) is 2. The van der Waals surface area contributed by atoms with Gasteiger partial charge < -0.3 is 19.7 Å². The number of nitrogens with zero attached hydrogens (tertiary/aromatic N) is 5. The van der Waals surface area contributed by atoms with Gasteiger partial charge in [-0.05, 0) is 56.1 Å². The zero-order valence-corrected chi connectivity index (χ0v) is 20.0. The predicted molar refractivity (Wildman–Crippen MR) is 132 cm³/mol. The molecule has 0 saturated carbocycles. The molecule has 6 rings (SSSR count). The maximum atomic E-state index is 12.8. The standard InChI is InChI=1S/C26H28N6O4/c27-13-18-11-17(12-22-25(18)36-10-9-35-22)14-28-19-3-6-30(7-4-19)16-20-5-8-31-24(34)15-29-21-1-2-23(33)32(20)26(21)31/h1-2,11-12,15,19-20,28H,3-10,14,16H2/t20-/m0/s1. The minimum atomic E-state index is -0.160. The molecule has 3 aliphatic rings. The van der Waals surface area contributed by atoms with Crippen molar-refractivity contribution in [3.05, 3.63) is 62.3 Å². The maximum absolute atomic E-state index is 12.8. The number of hydrogen-bond donors (Lipinski definition) is 1. The van der Waals surface area contributed by atoms with Gasteiger partial charge in [0.05, 0.1) is 17.8 Å². The third kappa shape index (κ3) is 4.14. The van der Waals surface area contributed by atoms with Crippen molar-refractivity contribution in [3.8, 4) is 17.6 Å². The highest BCUT2D eigenvalue weighted by molar-refractivity contribution is 5.70. The zero-order chi connectivity index (χ0) is 24.6. The van der Waals surface area contributed by atoms with Crippen LogP contribution in [0.3, 0.4) is 0 Å². The van der Waals surface area contributed by atoms with Crippen LogP contribution in [0.15, 0.2) is 40.1 Å². The Balaban J connectivity index is 1.09. The van der Waals surface area contributed by atoms with E-state index in [4.69, 9.17) is 9.47 Å². The number of aryl methyl sites for hydroxylation is 1. The topological polar surface area (TPSA) is 114 Å². The number of hydrogen-bond acceptors (Lipinski definition) is 8. The van der Waals surface area contributed by atoms with Crippen molar-refractivity contribution in [1.82, 2.24) is 24.3 Å². The van der Waals surface area contributed by atoms with E-state index in [1.54, 1.807) is 21.3 Å². The van der Waals surface area contributed by atoms with Crippen molar-refractivity contribution < 1.29 is 9.47 Å². The van der Waals surface area contributed by atoms with Crippen molar-refractivity contribution in [1.29, 1.82) is 5.26 Å². The largest absolute Gasteiger partial charge is 0.486 e. The Morgan fingerprint density at radius 3 is 2.72 bits per heavy atom. The number of piperidine rings is 1. The SMILES string of the molecule is N#Cc1cc(CNC2CCN(C[C@@H]3CCn4c(=O)cnc5ccc(=O)n3c54)CC2)cc2c1OCCO2. The smallest absolute Gasteiger partial charge is 0.270 e. The summed E-state index contributed by atoms with van der Waals surface area (Å²) in [4.78, 5) is 31.7. The molecule has 2 aromatic heterocycles. The van der Waals surface area contributed by atoms with Crippen LogP contribution >= 0.6 is 0 Å². The van der Waals surface area contributed by atoms with E-state index in [1.807, 2.05) is 12.1 Å². The molecule has 0 unspecified atom stereocenters. The van der Waals surface area contributed by atoms with E-state index in [9.17, 15) is 14.9 Å². The summed E-state index contributed by atoms with van der Waals surface area (Å²) in [5.41, 5.74) is 2.60. The summed E-state index contributed by atoms with van der Waals surface area (Å²) >= 11 is 0. The molecule has 0 amide bonds. The third-order valence-electron chi connectivity index (χ3n) is 7.44. The zero-order valence-electron chi connectivity index (χ0n) is 20.0. The Labute approximate surface area is 207 Å². The Hall–Kier alpha value is -3.68. The second-order valence-electron chi connectivity index (χ2n) is 9.68. The lowest BCUT2D eigenvalue weighted by Crippen LogP contribution is -2.46. The predicted octanol–water partition coefficient (Wildman–Crippen LogP) is 1.40. The number of likely N-dealkylation sites (tertiary alicyclic amines) is 1. The van der Waals surface area contributed by atoms with Crippen LogP contribution in [0, 0.1) is 11.3 Å². The molecule has 1 saturated heterocycles. The minimum absolute atomic E-state index is 0.0245. The van der Waals surface area contributed by atoms with Gasteiger partial charge in [-0.15, -0.1) is 0 Å². The molecule has 1 aromatic carbocycles. The molecule has 0 bridgehead atoms. The van der Waals surface area contributed by atoms with E-state index in [-0.39, 0.29) is 17.2 Å². The quantitative estimate of drug-likeness (QED) is 0.573. The van der Waals surface area contributed by atoms with E-state index in [1.165, 1.54) is 6.20 Å². The number of pyridine rings is 1. The number of aromatic nitrogens is 3. The molecule has 0 spiro atoms. The molecule has 0 aliphatic carbocycles. The summed E-state index contributed by atoms with van der Waals surface area (Å²) in [6.07, 6.45) is 4.08. The molecular formula is C26H28N6O4. The highest BCUT2D eigenvalue weighted by Crippen LogP contribution is 2.35. The number of rotatable bonds is 5. The van der Waals surface area contributed by atoms with Crippen LogP contribution in [-0.2, 0) is 13.1 Å². The van der Waals surface area contributed by atoms with Crippen LogP contribution in [-0.4, -0.2) is 57.9 Å². The van der Waals surface area contributed by atoms with Gasteiger partial charge in [0.15, 0.2) is 11.5 Å². The highest BCUT2D eigenvalue weighted by atomic mass is 16.6. The summed E-state index contributed by atoms with van der Waals surface area (Å²) in [5, 5.41) is 13.1. The maximum Gasteiger partial charge on any atom is 0.270 e. The van der Waals surface area contributed by atoms with Gasteiger partial charge in [0.25, 0.3) is 11.1 Å². The van der Waals surface area contributed by atoms with Gasteiger partial charge >= 0.3 is 0 Å². The molecule has 3 aromatic rings. The van der Waals surface area contributed by atoms with Crippen molar-refractivity contribution in [3.63, 3.8) is 0 Å². The first-order valence-electron chi connectivity index (χ1n) is 12.5. The van der Waals surface area contributed by atoms with Crippen LogP contribution in [0.25, 0.3) is 11.2 Å². The van der Waals surface area contributed by atoms with Gasteiger partial charge in [-0.25, -0.2) is 4.98 Å². The van der Waals surface area contributed by atoms with E-state index in [0.717, 1.165) is 44.5 Å². The lowest BCUT2D eigenvalue weighted by Gasteiger charge is -2.37. The fourth-order valence-electron chi connectivity index (χ4n) is 5.63. The van der Waals surface area contributed by atoms with Crippen molar-refractivity contribution >= 4 is 11.2 Å². The van der Waals surface area contributed by atoms with Gasteiger partial charge in [0.2, 0.25) is 0 Å². The van der Waals surface area contributed by atoms with E-state index < -0.39 is 0 Å². The fraction of sp³-hybridized carbons (Fsp3) is 0.462. The number of nitrogens with one attached hydrogen (secondary N) is 1. The molecule has 0 radical (unpaired) electrons. The summed E-state index contributed by atoms with van der Waals surface area (Å²) < 4.78 is 14.7. The second kappa shape index (κ2) is 9.41.